The van der Waals surface area contributed by atoms with Crippen LogP contribution in [0.5, 0.6) is 0 Å². The molecule has 0 bridgehead atoms. The van der Waals surface area contributed by atoms with Gasteiger partial charge in [-0.25, -0.2) is 4.98 Å². The number of halogens is 1. The van der Waals surface area contributed by atoms with Crippen molar-refractivity contribution < 1.29 is 23.8 Å². The standard InChI is InChI=1S/C12H13FN2O4/c13-11-9(2-1-3-14-11)12(18)15-4-5-19-8(7-15)6-10(16)17/h1-3,8H,4-7H2,(H,16,17). The highest BCUT2D eigenvalue weighted by atomic mass is 19.1. The van der Waals surface area contributed by atoms with Crippen molar-refractivity contribution >= 4 is 11.9 Å². The maximum absolute atomic E-state index is 13.4. The smallest absolute Gasteiger partial charge is 0.306 e. The number of pyridine rings is 1. The molecule has 19 heavy (non-hydrogen) atoms. The van der Waals surface area contributed by atoms with Gasteiger partial charge in [0, 0.05) is 19.3 Å². The molecule has 0 radical (unpaired) electrons. The van der Waals surface area contributed by atoms with E-state index in [1.54, 1.807) is 0 Å². The zero-order chi connectivity index (χ0) is 13.8. The monoisotopic (exact) mass is 268 g/mol. The van der Waals surface area contributed by atoms with Crippen LogP contribution in [0.3, 0.4) is 0 Å². The van der Waals surface area contributed by atoms with E-state index >= 15 is 0 Å². The van der Waals surface area contributed by atoms with Crippen LogP contribution in [0, 0.1) is 5.95 Å². The van der Waals surface area contributed by atoms with Gasteiger partial charge in [0.1, 0.15) is 0 Å². The van der Waals surface area contributed by atoms with E-state index in [-0.39, 0.29) is 25.1 Å². The number of carboxylic acids is 1. The first-order valence-electron chi connectivity index (χ1n) is 5.81. The van der Waals surface area contributed by atoms with E-state index in [4.69, 9.17) is 9.84 Å². The summed E-state index contributed by atoms with van der Waals surface area (Å²) in [6.07, 6.45) is 0.521. The number of hydrogen-bond donors (Lipinski definition) is 1. The number of aliphatic carboxylic acids is 1. The molecule has 1 aliphatic heterocycles. The van der Waals surface area contributed by atoms with Gasteiger partial charge in [-0.15, -0.1) is 0 Å². The van der Waals surface area contributed by atoms with Crippen molar-refractivity contribution in [3.63, 3.8) is 0 Å². The second-order valence-corrected chi connectivity index (χ2v) is 4.18. The number of morpholine rings is 1. The van der Waals surface area contributed by atoms with Gasteiger partial charge in [0.25, 0.3) is 5.91 Å². The molecule has 1 amide bonds. The van der Waals surface area contributed by atoms with Gasteiger partial charge in [-0.2, -0.15) is 4.39 Å². The summed E-state index contributed by atoms with van der Waals surface area (Å²) in [6.45, 7) is 0.689. The van der Waals surface area contributed by atoms with E-state index in [9.17, 15) is 14.0 Å². The SMILES string of the molecule is O=C(O)CC1CN(C(=O)c2cccnc2F)CCO1. The second-order valence-electron chi connectivity index (χ2n) is 4.18. The topological polar surface area (TPSA) is 79.7 Å². The minimum atomic E-state index is -0.994. The van der Waals surface area contributed by atoms with Crippen molar-refractivity contribution in [2.24, 2.45) is 0 Å². The van der Waals surface area contributed by atoms with Crippen LogP contribution in [-0.2, 0) is 9.53 Å². The van der Waals surface area contributed by atoms with Crippen molar-refractivity contribution in [3.05, 3.63) is 29.8 Å². The van der Waals surface area contributed by atoms with Crippen LogP contribution < -0.4 is 0 Å². The lowest BCUT2D eigenvalue weighted by Crippen LogP contribution is -2.46. The fourth-order valence-corrected chi connectivity index (χ4v) is 1.94. The number of carbonyl (C=O) groups excluding carboxylic acids is 1. The van der Waals surface area contributed by atoms with Crippen LogP contribution >= 0.6 is 0 Å². The third-order valence-electron chi connectivity index (χ3n) is 2.82. The first-order chi connectivity index (χ1) is 9.08. The largest absolute Gasteiger partial charge is 0.481 e. The third-order valence-corrected chi connectivity index (χ3v) is 2.82. The lowest BCUT2D eigenvalue weighted by Gasteiger charge is -2.32. The van der Waals surface area contributed by atoms with E-state index in [1.165, 1.54) is 23.2 Å². The van der Waals surface area contributed by atoms with Crippen LogP contribution in [0.1, 0.15) is 16.8 Å². The van der Waals surface area contributed by atoms with Gasteiger partial charge in [0.2, 0.25) is 5.95 Å². The molecule has 1 fully saturated rings. The van der Waals surface area contributed by atoms with E-state index in [0.717, 1.165) is 0 Å². The number of ether oxygens (including phenoxy) is 1. The lowest BCUT2D eigenvalue weighted by molar-refractivity contribution is -0.141. The number of carboxylic acid groups (broad SMARTS) is 1. The van der Waals surface area contributed by atoms with E-state index in [0.29, 0.717) is 6.54 Å². The average molecular weight is 268 g/mol. The molecule has 0 aliphatic carbocycles. The number of aromatic nitrogens is 1. The Morgan fingerprint density at radius 1 is 1.58 bits per heavy atom. The summed E-state index contributed by atoms with van der Waals surface area (Å²) in [6, 6.07) is 2.83. The summed E-state index contributed by atoms with van der Waals surface area (Å²) in [4.78, 5) is 27.5. The van der Waals surface area contributed by atoms with Gasteiger partial charge in [-0.1, -0.05) is 0 Å². The molecule has 1 unspecified atom stereocenters. The van der Waals surface area contributed by atoms with Crippen LogP contribution in [-0.4, -0.2) is 52.7 Å². The molecule has 1 N–H and O–H groups in total. The zero-order valence-corrected chi connectivity index (χ0v) is 10.1. The number of amides is 1. The Hall–Kier alpha value is -2.02. The molecule has 1 aromatic rings. The van der Waals surface area contributed by atoms with Crippen molar-refractivity contribution in [1.82, 2.24) is 9.88 Å². The molecule has 6 nitrogen and oxygen atoms in total. The Morgan fingerprint density at radius 2 is 2.37 bits per heavy atom. The Kier molecular flexibility index (Phi) is 4.06. The van der Waals surface area contributed by atoms with Crippen molar-refractivity contribution in [1.29, 1.82) is 0 Å². The zero-order valence-electron chi connectivity index (χ0n) is 10.1. The first-order valence-corrected chi connectivity index (χ1v) is 5.81. The predicted molar refractivity (Wildman–Crippen MR) is 62.1 cm³/mol. The van der Waals surface area contributed by atoms with Gasteiger partial charge >= 0.3 is 5.97 Å². The highest BCUT2D eigenvalue weighted by molar-refractivity contribution is 5.94. The van der Waals surface area contributed by atoms with E-state index in [2.05, 4.69) is 4.98 Å². The molecule has 0 spiro atoms. The van der Waals surface area contributed by atoms with Crippen LogP contribution in [0.4, 0.5) is 4.39 Å². The number of nitrogens with zero attached hydrogens (tertiary/aromatic N) is 2. The van der Waals surface area contributed by atoms with Gasteiger partial charge < -0.3 is 14.7 Å². The van der Waals surface area contributed by atoms with E-state index in [1.807, 2.05) is 0 Å². The summed E-state index contributed by atoms with van der Waals surface area (Å²) in [5.41, 5.74) is -0.113. The fourth-order valence-electron chi connectivity index (χ4n) is 1.94. The first kappa shape index (κ1) is 13.4. The average Bonchev–Trinajstić information content (AvgIpc) is 2.38. The van der Waals surface area contributed by atoms with Crippen molar-refractivity contribution in [2.75, 3.05) is 19.7 Å². The fraction of sp³-hybridized carbons (Fsp3) is 0.417. The molecule has 7 heteroatoms. The van der Waals surface area contributed by atoms with E-state index < -0.39 is 23.9 Å². The molecular weight excluding hydrogens is 255 g/mol. The summed E-state index contributed by atoms with van der Waals surface area (Å²) in [7, 11) is 0. The van der Waals surface area contributed by atoms with Crippen LogP contribution in [0.2, 0.25) is 0 Å². The summed E-state index contributed by atoms with van der Waals surface area (Å²) in [5, 5.41) is 8.70. The van der Waals surface area contributed by atoms with Gasteiger partial charge in [0.15, 0.2) is 0 Å². The Balaban J connectivity index is 2.07. The number of rotatable bonds is 3. The van der Waals surface area contributed by atoms with Gasteiger partial charge in [-0.05, 0) is 12.1 Å². The highest BCUT2D eigenvalue weighted by Crippen LogP contribution is 2.13. The normalized spacial score (nSPS) is 19.2. The molecule has 102 valence electrons. The molecule has 0 saturated carbocycles. The molecule has 1 aliphatic rings. The third kappa shape index (κ3) is 3.25. The Labute approximate surface area is 108 Å². The second kappa shape index (κ2) is 5.75. The number of carbonyl (C=O) groups is 2. The maximum atomic E-state index is 13.4. The van der Waals surface area contributed by atoms with Crippen LogP contribution in [0.15, 0.2) is 18.3 Å². The molecule has 0 aromatic carbocycles. The molecule has 1 saturated heterocycles. The Bertz CT molecular complexity index is 494. The molecule has 2 rings (SSSR count). The van der Waals surface area contributed by atoms with Crippen LogP contribution in [0.25, 0.3) is 0 Å². The minimum absolute atomic E-state index is 0.113. The van der Waals surface area contributed by atoms with Crippen molar-refractivity contribution in [2.45, 2.75) is 12.5 Å². The van der Waals surface area contributed by atoms with Crippen molar-refractivity contribution in [3.8, 4) is 0 Å². The summed E-state index contributed by atoms with van der Waals surface area (Å²) < 4.78 is 18.7. The Morgan fingerprint density at radius 3 is 3.05 bits per heavy atom. The van der Waals surface area contributed by atoms with Gasteiger partial charge in [-0.3, -0.25) is 9.59 Å². The molecule has 1 aromatic heterocycles. The van der Waals surface area contributed by atoms with Gasteiger partial charge in [0.05, 0.1) is 24.7 Å². The molecule has 2 heterocycles. The maximum Gasteiger partial charge on any atom is 0.306 e. The quantitative estimate of drug-likeness (QED) is 0.809. The minimum Gasteiger partial charge on any atom is -0.481 e. The highest BCUT2D eigenvalue weighted by Gasteiger charge is 2.27. The molecule has 1 atom stereocenters. The summed E-state index contributed by atoms with van der Waals surface area (Å²) in [5.74, 6) is -2.31. The summed E-state index contributed by atoms with van der Waals surface area (Å²) >= 11 is 0. The predicted octanol–water partition coefficient (Wildman–Crippen LogP) is 0.536. The molecular formula is C12H13FN2O4. The lowest BCUT2D eigenvalue weighted by atomic mass is 10.1. The number of hydrogen-bond acceptors (Lipinski definition) is 4.